The summed E-state index contributed by atoms with van der Waals surface area (Å²) in [5, 5.41) is 4.81. The second-order valence-corrected chi connectivity index (χ2v) is 5.98. The fraction of sp³-hybridized carbons (Fsp3) is 0.286. The minimum atomic E-state index is 1.04. The summed E-state index contributed by atoms with van der Waals surface area (Å²) in [4.78, 5) is 4.64. The van der Waals surface area contributed by atoms with Crippen molar-refractivity contribution < 1.29 is 0 Å². The Kier molecular flexibility index (Phi) is 5.25. The van der Waals surface area contributed by atoms with E-state index in [1.807, 2.05) is 18.3 Å². The van der Waals surface area contributed by atoms with Crippen LogP contribution in [0.5, 0.6) is 0 Å². The van der Waals surface area contributed by atoms with Crippen LogP contribution in [0.1, 0.15) is 38.2 Å². The minimum absolute atomic E-state index is 1.04. The van der Waals surface area contributed by atoms with Crippen LogP contribution in [0.3, 0.4) is 0 Å². The van der Waals surface area contributed by atoms with E-state index in [9.17, 15) is 0 Å². The maximum Gasteiger partial charge on any atom is 0.0723 e. The van der Waals surface area contributed by atoms with Crippen molar-refractivity contribution >= 4 is 22.3 Å². The maximum absolute atomic E-state index is 4.64. The zero-order valence-electron chi connectivity index (χ0n) is 13.8. The van der Waals surface area contributed by atoms with E-state index in [0.29, 0.717) is 0 Å². The van der Waals surface area contributed by atoms with Gasteiger partial charge in [0.05, 0.1) is 11.2 Å². The number of unbranched alkanes of at least 4 members (excludes halogenated alkanes) is 3. The van der Waals surface area contributed by atoms with Gasteiger partial charge in [-0.2, -0.15) is 0 Å². The Balaban J connectivity index is 1.93. The Morgan fingerprint density at radius 1 is 0.870 bits per heavy atom. The van der Waals surface area contributed by atoms with E-state index in [1.54, 1.807) is 0 Å². The highest BCUT2D eigenvalue weighted by molar-refractivity contribution is 5.94. The topological polar surface area (TPSA) is 24.9 Å². The molecule has 0 atom stereocenters. The van der Waals surface area contributed by atoms with E-state index in [-0.39, 0.29) is 0 Å². The van der Waals surface area contributed by atoms with Gasteiger partial charge in [0.15, 0.2) is 0 Å². The molecule has 1 aromatic heterocycles. The Labute approximate surface area is 138 Å². The van der Waals surface area contributed by atoms with Crippen molar-refractivity contribution in [3.8, 4) is 0 Å². The standard InChI is InChI=1S/C21H24N2/c1-2-3-4-6-11-17-16-22-20-15-10-9-14-19(20)21(17)23-18-12-7-5-8-13-18/h5,7-10,12-16H,2-4,6,11H2,1H3,(H,22,23). The number of anilines is 2. The summed E-state index contributed by atoms with van der Waals surface area (Å²) in [6.45, 7) is 2.25. The highest BCUT2D eigenvalue weighted by atomic mass is 14.9. The molecule has 0 aliphatic carbocycles. The van der Waals surface area contributed by atoms with Gasteiger partial charge < -0.3 is 5.32 Å². The van der Waals surface area contributed by atoms with Crippen molar-refractivity contribution in [2.45, 2.75) is 39.0 Å². The number of rotatable bonds is 7. The summed E-state index contributed by atoms with van der Waals surface area (Å²) in [5.41, 5.74) is 4.68. The number of fused-ring (bicyclic) bond motifs is 1. The highest BCUT2D eigenvalue weighted by Gasteiger charge is 2.09. The van der Waals surface area contributed by atoms with Gasteiger partial charge in [-0.3, -0.25) is 4.98 Å². The van der Waals surface area contributed by atoms with Crippen molar-refractivity contribution in [3.63, 3.8) is 0 Å². The fourth-order valence-electron chi connectivity index (χ4n) is 2.93. The lowest BCUT2D eigenvalue weighted by atomic mass is 10.0. The first-order valence-electron chi connectivity index (χ1n) is 8.57. The van der Waals surface area contributed by atoms with E-state index in [2.05, 4.69) is 59.7 Å². The van der Waals surface area contributed by atoms with E-state index >= 15 is 0 Å². The SMILES string of the molecule is CCCCCCc1cnc2ccccc2c1Nc1ccccc1. The molecule has 2 nitrogen and oxygen atoms in total. The number of benzene rings is 2. The first kappa shape index (κ1) is 15.5. The molecule has 1 N–H and O–H groups in total. The number of hydrogen-bond donors (Lipinski definition) is 1. The molecular formula is C21H24N2. The van der Waals surface area contributed by atoms with Crippen LogP contribution in [0.25, 0.3) is 10.9 Å². The molecule has 2 aromatic carbocycles. The number of nitrogens with zero attached hydrogens (tertiary/aromatic N) is 1. The van der Waals surface area contributed by atoms with Gasteiger partial charge in [0.25, 0.3) is 0 Å². The Bertz CT molecular complexity index is 750. The van der Waals surface area contributed by atoms with Crippen LogP contribution in [0, 0.1) is 0 Å². The number of nitrogens with one attached hydrogen (secondary N) is 1. The molecule has 0 unspecified atom stereocenters. The van der Waals surface area contributed by atoms with E-state index in [4.69, 9.17) is 0 Å². The number of hydrogen-bond acceptors (Lipinski definition) is 2. The Morgan fingerprint density at radius 2 is 1.65 bits per heavy atom. The van der Waals surface area contributed by atoms with Crippen LogP contribution >= 0.6 is 0 Å². The van der Waals surface area contributed by atoms with Gasteiger partial charge in [0, 0.05) is 17.3 Å². The fourth-order valence-corrected chi connectivity index (χ4v) is 2.93. The second kappa shape index (κ2) is 7.77. The van der Waals surface area contributed by atoms with Gasteiger partial charge in [-0.1, -0.05) is 62.6 Å². The van der Waals surface area contributed by atoms with Crippen LogP contribution in [0.4, 0.5) is 11.4 Å². The molecule has 0 spiro atoms. The first-order chi connectivity index (χ1) is 11.4. The maximum atomic E-state index is 4.64. The van der Waals surface area contributed by atoms with Crippen molar-refractivity contribution in [3.05, 3.63) is 66.4 Å². The quantitative estimate of drug-likeness (QED) is 0.533. The van der Waals surface area contributed by atoms with Crippen molar-refractivity contribution in [2.24, 2.45) is 0 Å². The average Bonchev–Trinajstić information content (AvgIpc) is 2.61. The van der Waals surface area contributed by atoms with Gasteiger partial charge in [-0.15, -0.1) is 0 Å². The van der Waals surface area contributed by atoms with Crippen LogP contribution in [-0.2, 0) is 6.42 Å². The molecule has 0 aliphatic heterocycles. The average molecular weight is 304 g/mol. The number of para-hydroxylation sites is 2. The second-order valence-electron chi connectivity index (χ2n) is 5.98. The minimum Gasteiger partial charge on any atom is -0.355 e. The molecule has 3 rings (SSSR count). The summed E-state index contributed by atoms with van der Waals surface area (Å²) in [7, 11) is 0. The third-order valence-electron chi connectivity index (χ3n) is 4.20. The van der Waals surface area contributed by atoms with Crippen molar-refractivity contribution in [1.82, 2.24) is 4.98 Å². The molecule has 0 fully saturated rings. The van der Waals surface area contributed by atoms with Crippen LogP contribution in [0.15, 0.2) is 60.8 Å². The lowest BCUT2D eigenvalue weighted by Crippen LogP contribution is -1.99. The van der Waals surface area contributed by atoms with Gasteiger partial charge in [-0.05, 0) is 36.6 Å². The number of aryl methyl sites for hydroxylation is 1. The van der Waals surface area contributed by atoms with Gasteiger partial charge in [-0.25, -0.2) is 0 Å². The molecular weight excluding hydrogens is 280 g/mol. The molecule has 0 aliphatic rings. The molecule has 0 amide bonds. The zero-order chi connectivity index (χ0) is 15.9. The predicted molar refractivity (Wildman–Crippen MR) is 99.3 cm³/mol. The van der Waals surface area contributed by atoms with E-state index in [0.717, 1.165) is 17.6 Å². The third kappa shape index (κ3) is 3.89. The van der Waals surface area contributed by atoms with Crippen molar-refractivity contribution in [1.29, 1.82) is 0 Å². The van der Waals surface area contributed by atoms with Crippen molar-refractivity contribution in [2.75, 3.05) is 5.32 Å². The zero-order valence-corrected chi connectivity index (χ0v) is 13.8. The first-order valence-corrected chi connectivity index (χ1v) is 8.57. The molecule has 23 heavy (non-hydrogen) atoms. The molecule has 0 radical (unpaired) electrons. The monoisotopic (exact) mass is 304 g/mol. The summed E-state index contributed by atoms with van der Waals surface area (Å²) < 4.78 is 0. The molecule has 3 aromatic rings. The predicted octanol–water partition coefficient (Wildman–Crippen LogP) is 6.10. The van der Waals surface area contributed by atoms with Gasteiger partial charge in [0.2, 0.25) is 0 Å². The summed E-state index contributed by atoms with van der Waals surface area (Å²) >= 11 is 0. The summed E-state index contributed by atoms with van der Waals surface area (Å²) in [6, 6.07) is 18.7. The molecule has 2 heteroatoms. The van der Waals surface area contributed by atoms with E-state index in [1.165, 1.54) is 42.3 Å². The Morgan fingerprint density at radius 3 is 2.48 bits per heavy atom. The molecule has 0 bridgehead atoms. The lowest BCUT2D eigenvalue weighted by molar-refractivity contribution is 0.667. The van der Waals surface area contributed by atoms with Crippen LogP contribution in [-0.4, -0.2) is 4.98 Å². The molecule has 1 heterocycles. The van der Waals surface area contributed by atoms with Gasteiger partial charge >= 0.3 is 0 Å². The summed E-state index contributed by atoms with van der Waals surface area (Å²) in [5.74, 6) is 0. The molecule has 0 saturated heterocycles. The normalized spacial score (nSPS) is 10.8. The lowest BCUT2D eigenvalue weighted by Gasteiger charge is -2.15. The molecule has 118 valence electrons. The number of pyridine rings is 1. The largest absolute Gasteiger partial charge is 0.355 e. The smallest absolute Gasteiger partial charge is 0.0723 e. The van der Waals surface area contributed by atoms with Crippen LogP contribution in [0.2, 0.25) is 0 Å². The molecule has 0 saturated carbocycles. The number of aromatic nitrogens is 1. The van der Waals surface area contributed by atoms with E-state index < -0.39 is 0 Å². The summed E-state index contributed by atoms with van der Waals surface area (Å²) in [6.07, 6.45) is 8.20. The third-order valence-corrected chi connectivity index (χ3v) is 4.20. The van der Waals surface area contributed by atoms with Gasteiger partial charge in [0.1, 0.15) is 0 Å². The Hall–Kier alpha value is -2.35. The van der Waals surface area contributed by atoms with Crippen LogP contribution < -0.4 is 5.32 Å². The highest BCUT2D eigenvalue weighted by Crippen LogP contribution is 2.30.